The van der Waals surface area contributed by atoms with E-state index in [0.717, 1.165) is 22.2 Å². The van der Waals surface area contributed by atoms with Gasteiger partial charge in [-0.3, -0.25) is 0 Å². The molecule has 106 valence electrons. The summed E-state index contributed by atoms with van der Waals surface area (Å²) < 4.78 is 0.986. The Morgan fingerprint density at radius 1 is 1.20 bits per heavy atom. The smallest absolute Gasteiger partial charge is 0.153 e. The number of benzene rings is 1. The topological polar surface area (TPSA) is 52.5 Å². The van der Waals surface area contributed by atoms with E-state index in [-0.39, 0.29) is 5.75 Å². The van der Waals surface area contributed by atoms with Crippen LogP contribution >= 0.6 is 27.3 Å². The van der Waals surface area contributed by atoms with E-state index < -0.39 is 6.23 Å². The van der Waals surface area contributed by atoms with Crippen molar-refractivity contribution in [3.05, 3.63) is 44.1 Å². The number of nitrogens with one attached hydrogen (secondary N) is 1. The molecule has 1 heterocycles. The normalized spacial score (nSPS) is 15.7. The summed E-state index contributed by atoms with van der Waals surface area (Å²) in [5, 5.41) is 23.2. The lowest BCUT2D eigenvalue weighted by Crippen LogP contribution is -2.13. The fourth-order valence-corrected chi connectivity index (χ4v) is 4.83. The summed E-state index contributed by atoms with van der Waals surface area (Å²) in [4.78, 5) is 1.37. The number of aryl methyl sites for hydroxylation is 1. The molecule has 1 aliphatic rings. The molecular formula is C15H16BrNO2S. The molecule has 0 aliphatic heterocycles. The summed E-state index contributed by atoms with van der Waals surface area (Å²) in [5.74, 6) is 0.145. The molecule has 0 amide bonds. The van der Waals surface area contributed by atoms with Gasteiger partial charge in [-0.25, -0.2) is 0 Å². The Labute approximate surface area is 130 Å². The van der Waals surface area contributed by atoms with Crippen molar-refractivity contribution in [2.75, 3.05) is 5.32 Å². The lowest BCUT2D eigenvalue weighted by molar-refractivity contribution is 0.206. The van der Waals surface area contributed by atoms with Gasteiger partial charge in [-0.1, -0.05) is 12.1 Å². The van der Waals surface area contributed by atoms with Gasteiger partial charge in [0.1, 0.15) is 5.75 Å². The maximum atomic E-state index is 10.5. The number of phenolic OH excluding ortho intramolecular Hbond substituents is 1. The molecule has 3 nitrogen and oxygen atoms in total. The molecule has 3 N–H and O–H groups in total. The second-order valence-corrected chi connectivity index (χ2v) is 7.39. The van der Waals surface area contributed by atoms with Crippen molar-refractivity contribution in [2.45, 2.75) is 31.9 Å². The van der Waals surface area contributed by atoms with E-state index in [0.29, 0.717) is 5.69 Å². The summed E-state index contributed by atoms with van der Waals surface area (Å²) in [5.41, 5.74) is 2.74. The quantitative estimate of drug-likeness (QED) is 0.572. The van der Waals surface area contributed by atoms with Gasteiger partial charge in [0.15, 0.2) is 6.23 Å². The molecule has 1 unspecified atom stereocenters. The Hall–Kier alpha value is -1.04. The first kappa shape index (κ1) is 13.9. The number of para-hydroxylation sites is 2. The standard InChI is InChI=1S/C15H16BrNO2S/c16-14-13(9-5-1-4-8-12(9)20-14)15(19)17-10-6-2-3-7-11(10)18/h2-3,6-7,15,17-19H,1,4-5,8H2. The van der Waals surface area contributed by atoms with Crippen LogP contribution in [0.2, 0.25) is 0 Å². The molecule has 1 aliphatic carbocycles. The minimum absolute atomic E-state index is 0.145. The Bertz CT molecular complexity index is 626. The molecule has 0 spiro atoms. The van der Waals surface area contributed by atoms with Gasteiger partial charge in [-0.15, -0.1) is 11.3 Å². The van der Waals surface area contributed by atoms with Crippen LogP contribution in [0.3, 0.4) is 0 Å². The van der Waals surface area contributed by atoms with Crippen molar-refractivity contribution < 1.29 is 10.2 Å². The Morgan fingerprint density at radius 3 is 2.75 bits per heavy atom. The summed E-state index contributed by atoms with van der Waals surface area (Å²) in [6.45, 7) is 0. The zero-order valence-electron chi connectivity index (χ0n) is 10.9. The van der Waals surface area contributed by atoms with Gasteiger partial charge in [-0.2, -0.15) is 0 Å². The predicted molar refractivity (Wildman–Crippen MR) is 85.4 cm³/mol. The Balaban J connectivity index is 1.89. The number of anilines is 1. The highest BCUT2D eigenvalue weighted by Gasteiger charge is 2.24. The average Bonchev–Trinajstić information content (AvgIpc) is 2.77. The van der Waals surface area contributed by atoms with E-state index in [4.69, 9.17) is 0 Å². The van der Waals surface area contributed by atoms with Gasteiger partial charge in [0.25, 0.3) is 0 Å². The summed E-state index contributed by atoms with van der Waals surface area (Å²) in [6, 6.07) is 6.95. The fraction of sp³-hybridized carbons (Fsp3) is 0.333. The monoisotopic (exact) mass is 353 g/mol. The molecule has 20 heavy (non-hydrogen) atoms. The number of aliphatic hydroxyl groups excluding tert-OH is 1. The van der Waals surface area contributed by atoms with E-state index in [1.54, 1.807) is 29.5 Å². The van der Waals surface area contributed by atoms with Crippen LogP contribution in [0, 0.1) is 0 Å². The number of phenols is 1. The van der Waals surface area contributed by atoms with Crippen LogP contribution in [0.15, 0.2) is 28.1 Å². The zero-order valence-corrected chi connectivity index (χ0v) is 13.3. The number of rotatable bonds is 3. The van der Waals surface area contributed by atoms with E-state index in [1.807, 2.05) is 6.07 Å². The first-order valence-electron chi connectivity index (χ1n) is 6.69. The first-order valence-corrected chi connectivity index (χ1v) is 8.30. The summed E-state index contributed by atoms with van der Waals surface area (Å²) in [6.07, 6.45) is 3.71. The van der Waals surface area contributed by atoms with Crippen LogP contribution in [0.1, 0.15) is 35.1 Å². The molecule has 5 heteroatoms. The maximum absolute atomic E-state index is 10.5. The van der Waals surface area contributed by atoms with Crippen molar-refractivity contribution in [1.82, 2.24) is 0 Å². The van der Waals surface area contributed by atoms with Crippen LogP contribution in [0.4, 0.5) is 5.69 Å². The lowest BCUT2D eigenvalue weighted by Gasteiger charge is -2.19. The van der Waals surface area contributed by atoms with Gasteiger partial charge in [0.2, 0.25) is 0 Å². The fourth-order valence-electron chi connectivity index (χ4n) is 2.64. The van der Waals surface area contributed by atoms with E-state index >= 15 is 0 Å². The molecule has 1 atom stereocenters. The number of aromatic hydroxyl groups is 1. The molecule has 0 radical (unpaired) electrons. The van der Waals surface area contributed by atoms with Crippen LogP contribution in [0.25, 0.3) is 0 Å². The van der Waals surface area contributed by atoms with Crippen LogP contribution in [-0.2, 0) is 12.8 Å². The van der Waals surface area contributed by atoms with E-state index in [9.17, 15) is 10.2 Å². The minimum atomic E-state index is -0.809. The van der Waals surface area contributed by atoms with Gasteiger partial charge >= 0.3 is 0 Å². The van der Waals surface area contributed by atoms with E-state index in [2.05, 4.69) is 21.2 Å². The van der Waals surface area contributed by atoms with Crippen LogP contribution < -0.4 is 5.32 Å². The predicted octanol–water partition coefficient (Wildman–Crippen LogP) is 4.20. The second-order valence-electron chi connectivity index (χ2n) is 4.96. The van der Waals surface area contributed by atoms with Gasteiger partial charge < -0.3 is 15.5 Å². The SMILES string of the molecule is Oc1ccccc1NC(O)c1c(Br)sc2c1CCCC2. The molecule has 0 saturated carbocycles. The van der Waals surface area contributed by atoms with Gasteiger partial charge in [0.05, 0.1) is 9.47 Å². The molecule has 1 aromatic heterocycles. The Kier molecular flexibility index (Phi) is 4.01. The lowest BCUT2D eigenvalue weighted by atomic mass is 9.95. The molecule has 1 aromatic carbocycles. The van der Waals surface area contributed by atoms with Gasteiger partial charge in [0, 0.05) is 10.4 Å². The number of aliphatic hydroxyl groups is 1. The third-order valence-electron chi connectivity index (χ3n) is 3.64. The largest absolute Gasteiger partial charge is 0.506 e. The maximum Gasteiger partial charge on any atom is 0.153 e. The second kappa shape index (κ2) is 5.76. The average molecular weight is 354 g/mol. The molecule has 0 saturated heterocycles. The highest BCUT2D eigenvalue weighted by Crippen LogP contribution is 2.41. The Morgan fingerprint density at radius 2 is 1.95 bits per heavy atom. The van der Waals surface area contributed by atoms with Crippen molar-refractivity contribution in [2.24, 2.45) is 0 Å². The van der Waals surface area contributed by atoms with Crippen LogP contribution in [0.5, 0.6) is 5.75 Å². The number of hydrogen-bond acceptors (Lipinski definition) is 4. The first-order chi connectivity index (χ1) is 9.66. The number of fused-ring (bicyclic) bond motifs is 1. The van der Waals surface area contributed by atoms with Crippen molar-refractivity contribution in [1.29, 1.82) is 0 Å². The number of hydrogen-bond donors (Lipinski definition) is 3. The van der Waals surface area contributed by atoms with Gasteiger partial charge in [-0.05, 0) is 59.3 Å². The van der Waals surface area contributed by atoms with Crippen LogP contribution in [-0.4, -0.2) is 10.2 Å². The summed E-state index contributed by atoms with van der Waals surface area (Å²) in [7, 11) is 0. The number of halogens is 1. The van der Waals surface area contributed by atoms with Crippen molar-refractivity contribution >= 4 is 33.0 Å². The zero-order chi connectivity index (χ0) is 14.1. The molecule has 0 bridgehead atoms. The summed E-state index contributed by atoms with van der Waals surface area (Å²) >= 11 is 5.28. The van der Waals surface area contributed by atoms with E-state index in [1.165, 1.54) is 23.3 Å². The molecule has 3 rings (SSSR count). The highest BCUT2D eigenvalue weighted by atomic mass is 79.9. The van der Waals surface area contributed by atoms with Crippen molar-refractivity contribution in [3.63, 3.8) is 0 Å². The highest BCUT2D eigenvalue weighted by molar-refractivity contribution is 9.11. The minimum Gasteiger partial charge on any atom is -0.506 e. The molecule has 0 fully saturated rings. The molecular weight excluding hydrogens is 338 g/mol. The third kappa shape index (κ3) is 2.57. The molecule has 2 aromatic rings. The van der Waals surface area contributed by atoms with Crippen molar-refractivity contribution in [3.8, 4) is 5.75 Å². The third-order valence-corrected chi connectivity index (χ3v) is 5.65. The number of thiophene rings is 1.